The van der Waals surface area contributed by atoms with Crippen molar-refractivity contribution in [3.05, 3.63) is 35.8 Å². The van der Waals surface area contributed by atoms with Crippen LogP contribution < -0.4 is 0 Å². The van der Waals surface area contributed by atoms with Gasteiger partial charge in [-0.1, -0.05) is 12.2 Å². The number of hydrogen-bond donors (Lipinski definition) is 0. The summed E-state index contributed by atoms with van der Waals surface area (Å²) in [6, 6.07) is 0. The molecule has 0 bridgehead atoms. The minimum absolute atomic E-state index is 0.172. The highest BCUT2D eigenvalue weighted by Gasteiger charge is 2.33. The van der Waals surface area contributed by atoms with Gasteiger partial charge in [0.05, 0.1) is 24.7 Å². The Bertz CT molecular complexity index is 415. The molecule has 0 aromatic rings. The average Bonchev–Trinajstić information content (AvgIpc) is 2.61. The van der Waals surface area contributed by atoms with E-state index >= 15 is 0 Å². The lowest BCUT2D eigenvalue weighted by Crippen LogP contribution is -2.33. The molecule has 0 N–H and O–H groups in total. The van der Waals surface area contributed by atoms with Gasteiger partial charge in [-0.15, -0.1) is 0 Å². The van der Waals surface area contributed by atoms with Gasteiger partial charge in [-0.3, -0.25) is 0 Å². The Hall–Kier alpha value is -1.18. The summed E-state index contributed by atoms with van der Waals surface area (Å²) in [5.74, 6) is 2.44. The van der Waals surface area contributed by atoms with Gasteiger partial charge in [-0.05, 0) is 69.9 Å². The fraction of sp³-hybridized carbons (Fsp3) is 0.700. The molecule has 3 aliphatic carbocycles. The van der Waals surface area contributed by atoms with Gasteiger partial charge in [-0.2, -0.15) is 0 Å². The molecular weight excluding hydrogens is 272 g/mol. The standard InChI is InChI=1S/C20H30O2/c1-4-10-18(11-5-1)21-16-20(14-8-3-9-15-20)17-22-19-12-6-2-7-13-19/h3,8,10,12H,1-2,4-7,9,11,13-17H2. The van der Waals surface area contributed by atoms with Crippen molar-refractivity contribution in [2.45, 2.75) is 70.6 Å². The van der Waals surface area contributed by atoms with Crippen LogP contribution in [-0.2, 0) is 9.47 Å². The molecule has 0 heterocycles. The van der Waals surface area contributed by atoms with E-state index in [1.54, 1.807) is 0 Å². The Morgan fingerprint density at radius 2 is 1.41 bits per heavy atom. The average molecular weight is 302 g/mol. The van der Waals surface area contributed by atoms with Gasteiger partial charge in [0.25, 0.3) is 0 Å². The van der Waals surface area contributed by atoms with Crippen LogP contribution in [0.3, 0.4) is 0 Å². The van der Waals surface area contributed by atoms with Gasteiger partial charge < -0.3 is 9.47 Å². The predicted octanol–water partition coefficient (Wildman–Crippen LogP) is 5.66. The Morgan fingerprint density at radius 3 is 1.86 bits per heavy atom. The first kappa shape index (κ1) is 15.7. The zero-order valence-electron chi connectivity index (χ0n) is 13.8. The first-order chi connectivity index (χ1) is 10.9. The highest BCUT2D eigenvalue weighted by atomic mass is 16.5. The molecule has 0 radical (unpaired) electrons. The van der Waals surface area contributed by atoms with Crippen LogP contribution in [0.4, 0.5) is 0 Å². The van der Waals surface area contributed by atoms with Crippen molar-refractivity contribution in [1.29, 1.82) is 0 Å². The monoisotopic (exact) mass is 302 g/mol. The first-order valence-electron chi connectivity index (χ1n) is 9.15. The zero-order chi connectivity index (χ0) is 15.1. The largest absolute Gasteiger partial charge is 0.498 e. The Morgan fingerprint density at radius 1 is 0.773 bits per heavy atom. The lowest BCUT2D eigenvalue weighted by atomic mass is 9.78. The fourth-order valence-corrected chi connectivity index (χ4v) is 3.62. The SMILES string of the molecule is C1=CCC(COC2=CCCCC2)(COC2=CCCCC2)CC1. The van der Waals surface area contributed by atoms with Crippen molar-refractivity contribution in [2.75, 3.05) is 13.2 Å². The number of allylic oxidation sites excluding steroid dienone is 6. The summed E-state index contributed by atoms with van der Waals surface area (Å²) in [5.41, 5.74) is 0.172. The number of hydrogen-bond acceptors (Lipinski definition) is 2. The maximum absolute atomic E-state index is 6.19. The summed E-state index contributed by atoms with van der Waals surface area (Å²) in [7, 11) is 0. The topological polar surface area (TPSA) is 18.5 Å². The molecule has 0 saturated carbocycles. The quantitative estimate of drug-likeness (QED) is 0.589. The molecule has 0 aromatic carbocycles. The molecule has 0 fully saturated rings. The molecule has 0 saturated heterocycles. The Balaban J connectivity index is 1.56. The van der Waals surface area contributed by atoms with Crippen LogP contribution in [0, 0.1) is 5.41 Å². The minimum atomic E-state index is 0.172. The van der Waals surface area contributed by atoms with Crippen LogP contribution in [0.5, 0.6) is 0 Å². The van der Waals surface area contributed by atoms with Crippen LogP contribution in [0.1, 0.15) is 70.6 Å². The number of ether oxygens (including phenoxy) is 2. The Kier molecular flexibility index (Phi) is 5.64. The second-order valence-electron chi connectivity index (χ2n) is 7.12. The summed E-state index contributed by atoms with van der Waals surface area (Å²) in [5, 5.41) is 0. The van der Waals surface area contributed by atoms with Gasteiger partial charge in [-0.25, -0.2) is 0 Å². The number of rotatable bonds is 6. The summed E-state index contributed by atoms with van der Waals surface area (Å²) in [6.45, 7) is 1.63. The van der Waals surface area contributed by atoms with Crippen molar-refractivity contribution >= 4 is 0 Å². The van der Waals surface area contributed by atoms with Crippen molar-refractivity contribution in [1.82, 2.24) is 0 Å². The molecule has 2 nitrogen and oxygen atoms in total. The molecule has 0 spiro atoms. The maximum atomic E-state index is 6.19. The third-order valence-electron chi connectivity index (χ3n) is 5.18. The molecule has 0 aromatic heterocycles. The van der Waals surface area contributed by atoms with Crippen LogP contribution in [0.2, 0.25) is 0 Å². The van der Waals surface area contributed by atoms with E-state index in [-0.39, 0.29) is 5.41 Å². The Labute approximate surface area is 135 Å². The minimum Gasteiger partial charge on any atom is -0.498 e. The smallest absolute Gasteiger partial charge is 0.0969 e. The predicted molar refractivity (Wildman–Crippen MR) is 90.4 cm³/mol. The lowest BCUT2D eigenvalue weighted by molar-refractivity contribution is 0.00830. The fourth-order valence-electron chi connectivity index (χ4n) is 3.62. The second-order valence-corrected chi connectivity index (χ2v) is 7.12. The van der Waals surface area contributed by atoms with Gasteiger partial charge in [0.1, 0.15) is 0 Å². The van der Waals surface area contributed by atoms with E-state index in [4.69, 9.17) is 9.47 Å². The van der Waals surface area contributed by atoms with E-state index in [2.05, 4.69) is 24.3 Å². The van der Waals surface area contributed by atoms with Gasteiger partial charge >= 0.3 is 0 Å². The molecule has 3 rings (SSSR count). The third-order valence-corrected chi connectivity index (χ3v) is 5.18. The molecule has 3 aliphatic rings. The van der Waals surface area contributed by atoms with E-state index in [1.165, 1.54) is 56.5 Å². The summed E-state index contributed by atoms with van der Waals surface area (Å²) >= 11 is 0. The van der Waals surface area contributed by atoms with Crippen LogP contribution >= 0.6 is 0 Å². The van der Waals surface area contributed by atoms with Crippen molar-refractivity contribution in [2.24, 2.45) is 5.41 Å². The maximum Gasteiger partial charge on any atom is 0.0969 e. The van der Waals surface area contributed by atoms with E-state index in [0.29, 0.717) is 0 Å². The van der Waals surface area contributed by atoms with Crippen molar-refractivity contribution in [3.63, 3.8) is 0 Å². The van der Waals surface area contributed by atoms with Gasteiger partial charge in [0.2, 0.25) is 0 Å². The van der Waals surface area contributed by atoms with Crippen LogP contribution in [0.15, 0.2) is 35.8 Å². The van der Waals surface area contributed by atoms with Crippen molar-refractivity contribution < 1.29 is 9.47 Å². The highest BCUT2D eigenvalue weighted by molar-refractivity contribution is 5.03. The molecule has 0 aliphatic heterocycles. The van der Waals surface area contributed by atoms with Crippen LogP contribution in [0.25, 0.3) is 0 Å². The molecule has 122 valence electrons. The van der Waals surface area contributed by atoms with Gasteiger partial charge in [0.15, 0.2) is 0 Å². The molecule has 0 atom stereocenters. The molecule has 2 heteroatoms. The molecular formula is C20H30O2. The van der Waals surface area contributed by atoms with E-state index in [9.17, 15) is 0 Å². The zero-order valence-corrected chi connectivity index (χ0v) is 13.8. The second kappa shape index (κ2) is 7.89. The van der Waals surface area contributed by atoms with E-state index < -0.39 is 0 Å². The first-order valence-corrected chi connectivity index (χ1v) is 9.15. The third kappa shape index (κ3) is 4.41. The summed E-state index contributed by atoms with van der Waals surface area (Å²) in [4.78, 5) is 0. The normalized spacial score (nSPS) is 24.4. The highest BCUT2D eigenvalue weighted by Crippen LogP contribution is 2.36. The van der Waals surface area contributed by atoms with E-state index in [0.717, 1.165) is 38.9 Å². The lowest BCUT2D eigenvalue weighted by Gasteiger charge is -2.35. The summed E-state index contributed by atoms with van der Waals surface area (Å²) in [6.07, 6.45) is 22.5. The van der Waals surface area contributed by atoms with Crippen LogP contribution in [-0.4, -0.2) is 13.2 Å². The molecule has 0 amide bonds. The molecule has 0 unspecified atom stereocenters. The molecule has 22 heavy (non-hydrogen) atoms. The van der Waals surface area contributed by atoms with Gasteiger partial charge in [0, 0.05) is 18.3 Å². The van der Waals surface area contributed by atoms with Crippen molar-refractivity contribution in [3.8, 4) is 0 Å². The van der Waals surface area contributed by atoms with E-state index in [1.807, 2.05) is 0 Å². The summed E-state index contributed by atoms with van der Waals surface area (Å²) < 4.78 is 12.4.